The molecule has 106 valence electrons. The topological polar surface area (TPSA) is 47.4 Å². The fraction of sp³-hybridized carbons (Fsp3) is 0.692. The molecule has 0 unspecified atom stereocenters. The number of ether oxygens (including phenoxy) is 1. The second kappa shape index (κ2) is 7.50. The van der Waals surface area contributed by atoms with Crippen LogP contribution in [-0.2, 0) is 11.3 Å². The molecule has 2 heterocycles. The van der Waals surface area contributed by atoms with Gasteiger partial charge in [-0.2, -0.15) is 5.10 Å². The Hall–Kier alpha value is -1.07. The first kappa shape index (κ1) is 14.3. The highest BCUT2D eigenvalue weighted by Gasteiger charge is 2.12. The molecule has 1 aromatic heterocycles. The van der Waals surface area contributed by atoms with Crippen molar-refractivity contribution in [1.82, 2.24) is 9.78 Å². The monoisotopic (exact) mass is 285 g/mol. The van der Waals surface area contributed by atoms with Crippen molar-refractivity contribution in [2.24, 2.45) is 0 Å². The number of halogens is 1. The maximum absolute atomic E-state index is 12.0. The summed E-state index contributed by atoms with van der Waals surface area (Å²) in [6.45, 7) is 3.73. The maximum atomic E-state index is 12.0. The third-order valence-corrected chi connectivity index (χ3v) is 3.50. The molecule has 0 aromatic carbocycles. The summed E-state index contributed by atoms with van der Waals surface area (Å²) in [4.78, 5) is 14.1. The van der Waals surface area contributed by atoms with Gasteiger partial charge in [-0.05, 0) is 12.8 Å². The van der Waals surface area contributed by atoms with Crippen molar-refractivity contribution < 1.29 is 4.74 Å². The predicted octanol–water partition coefficient (Wildman–Crippen LogP) is 1.49. The predicted molar refractivity (Wildman–Crippen MR) is 76.1 cm³/mol. The van der Waals surface area contributed by atoms with Gasteiger partial charge in [-0.1, -0.05) is 6.42 Å². The van der Waals surface area contributed by atoms with Gasteiger partial charge < -0.3 is 9.64 Å². The summed E-state index contributed by atoms with van der Waals surface area (Å²) < 4.78 is 6.82. The summed E-state index contributed by atoms with van der Waals surface area (Å²) in [6, 6.07) is 1.67. The summed E-state index contributed by atoms with van der Waals surface area (Å²) in [5.74, 6) is 0.679. The Morgan fingerprint density at radius 3 is 2.74 bits per heavy atom. The second-order valence-electron chi connectivity index (χ2n) is 4.62. The first-order valence-corrected chi connectivity index (χ1v) is 7.30. The first-order chi connectivity index (χ1) is 9.31. The van der Waals surface area contributed by atoms with Crippen LogP contribution >= 0.6 is 11.6 Å². The average Bonchev–Trinajstić information content (AvgIpc) is 2.46. The van der Waals surface area contributed by atoms with E-state index in [4.69, 9.17) is 16.3 Å². The minimum atomic E-state index is -0.0325. The van der Waals surface area contributed by atoms with E-state index in [1.54, 1.807) is 12.3 Å². The molecule has 1 aliphatic heterocycles. The van der Waals surface area contributed by atoms with Gasteiger partial charge in [0.2, 0.25) is 0 Å². The lowest BCUT2D eigenvalue weighted by atomic mass is 10.2. The van der Waals surface area contributed by atoms with Crippen LogP contribution in [0, 0.1) is 0 Å². The molecule has 19 heavy (non-hydrogen) atoms. The maximum Gasteiger partial charge on any atom is 0.268 e. The molecular weight excluding hydrogens is 266 g/mol. The summed E-state index contributed by atoms with van der Waals surface area (Å²) in [5, 5.41) is 4.24. The number of hydrogen-bond donors (Lipinski definition) is 0. The van der Waals surface area contributed by atoms with E-state index in [0.717, 1.165) is 38.0 Å². The quantitative estimate of drug-likeness (QED) is 0.587. The highest BCUT2D eigenvalue weighted by molar-refractivity contribution is 6.17. The Balaban J connectivity index is 1.94. The van der Waals surface area contributed by atoms with E-state index in [0.29, 0.717) is 25.6 Å². The number of unbranched alkanes of at least 4 members (excludes halogenated alkanes) is 2. The van der Waals surface area contributed by atoms with E-state index in [-0.39, 0.29) is 5.56 Å². The van der Waals surface area contributed by atoms with Crippen molar-refractivity contribution in [3.05, 3.63) is 22.6 Å². The van der Waals surface area contributed by atoms with Crippen LogP contribution in [0.1, 0.15) is 19.3 Å². The van der Waals surface area contributed by atoms with Gasteiger partial charge in [0.05, 0.1) is 25.1 Å². The molecule has 6 heteroatoms. The fourth-order valence-electron chi connectivity index (χ4n) is 2.12. The van der Waals surface area contributed by atoms with Crippen LogP contribution in [0.2, 0.25) is 0 Å². The van der Waals surface area contributed by atoms with Crippen molar-refractivity contribution >= 4 is 17.3 Å². The third kappa shape index (κ3) is 4.21. The molecule has 0 saturated carbocycles. The lowest BCUT2D eigenvalue weighted by molar-refractivity contribution is 0.122. The Bertz CT molecular complexity index is 444. The number of alkyl halides is 1. The number of hydrogen-bond acceptors (Lipinski definition) is 4. The van der Waals surface area contributed by atoms with Gasteiger partial charge in [0.15, 0.2) is 0 Å². The molecule has 1 saturated heterocycles. The van der Waals surface area contributed by atoms with Gasteiger partial charge >= 0.3 is 0 Å². The van der Waals surface area contributed by atoms with E-state index in [1.807, 2.05) is 0 Å². The zero-order valence-corrected chi connectivity index (χ0v) is 11.8. The molecule has 0 N–H and O–H groups in total. The minimum Gasteiger partial charge on any atom is -0.378 e. The van der Waals surface area contributed by atoms with Gasteiger partial charge in [-0.25, -0.2) is 4.68 Å². The molecule has 0 aliphatic carbocycles. The lowest BCUT2D eigenvalue weighted by Crippen LogP contribution is -2.37. The van der Waals surface area contributed by atoms with E-state index in [9.17, 15) is 4.79 Å². The summed E-state index contributed by atoms with van der Waals surface area (Å²) in [5.41, 5.74) is 0.861. The average molecular weight is 286 g/mol. The molecule has 5 nitrogen and oxygen atoms in total. The molecule has 0 atom stereocenters. The molecule has 0 spiro atoms. The Morgan fingerprint density at radius 1 is 1.26 bits per heavy atom. The van der Waals surface area contributed by atoms with Crippen molar-refractivity contribution in [2.75, 3.05) is 37.1 Å². The zero-order valence-electron chi connectivity index (χ0n) is 11.1. The molecule has 1 aliphatic rings. The van der Waals surface area contributed by atoms with Gasteiger partial charge in [0, 0.05) is 31.6 Å². The van der Waals surface area contributed by atoms with Crippen LogP contribution in [0.5, 0.6) is 0 Å². The first-order valence-electron chi connectivity index (χ1n) is 6.77. The number of nitrogens with zero attached hydrogens (tertiary/aromatic N) is 3. The Kier molecular flexibility index (Phi) is 5.66. The van der Waals surface area contributed by atoms with Crippen molar-refractivity contribution in [1.29, 1.82) is 0 Å². The van der Waals surface area contributed by atoms with E-state index in [1.165, 1.54) is 4.68 Å². The largest absolute Gasteiger partial charge is 0.378 e. The summed E-state index contributed by atoms with van der Waals surface area (Å²) in [6.07, 6.45) is 4.73. The SMILES string of the molecule is O=c1cc(N2CCOCC2)cnn1CCCCCCl. The Labute approximate surface area is 118 Å². The minimum absolute atomic E-state index is 0.0325. The second-order valence-corrected chi connectivity index (χ2v) is 5.00. The van der Waals surface area contributed by atoms with Gasteiger partial charge in [0.25, 0.3) is 5.56 Å². The number of rotatable bonds is 6. The van der Waals surface area contributed by atoms with E-state index in [2.05, 4.69) is 10.00 Å². The number of morpholine rings is 1. The van der Waals surface area contributed by atoms with E-state index >= 15 is 0 Å². The number of anilines is 1. The van der Waals surface area contributed by atoms with Crippen LogP contribution in [0.25, 0.3) is 0 Å². The summed E-state index contributed by atoms with van der Waals surface area (Å²) in [7, 11) is 0. The lowest BCUT2D eigenvalue weighted by Gasteiger charge is -2.28. The molecule has 1 fully saturated rings. The zero-order chi connectivity index (χ0) is 13.5. The van der Waals surface area contributed by atoms with Crippen LogP contribution in [-0.4, -0.2) is 42.0 Å². The van der Waals surface area contributed by atoms with Crippen molar-refractivity contribution in [3.8, 4) is 0 Å². The number of aryl methyl sites for hydroxylation is 1. The molecule has 2 rings (SSSR count). The van der Waals surface area contributed by atoms with Crippen LogP contribution in [0.15, 0.2) is 17.1 Å². The standard InChI is InChI=1S/C13H20ClN3O2/c14-4-2-1-3-5-17-13(18)10-12(11-15-17)16-6-8-19-9-7-16/h10-11H,1-9H2. The van der Waals surface area contributed by atoms with Gasteiger partial charge in [-0.3, -0.25) is 4.79 Å². The molecular formula is C13H20ClN3O2. The van der Waals surface area contributed by atoms with Gasteiger partial charge in [-0.15, -0.1) is 11.6 Å². The smallest absolute Gasteiger partial charge is 0.268 e. The van der Waals surface area contributed by atoms with Crippen molar-refractivity contribution in [3.63, 3.8) is 0 Å². The molecule has 0 radical (unpaired) electrons. The third-order valence-electron chi connectivity index (χ3n) is 3.23. The molecule has 1 aromatic rings. The fourth-order valence-corrected chi connectivity index (χ4v) is 2.31. The van der Waals surface area contributed by atoms with Gasteiger partial charge in [0.1, 0.15) is 0 Å². The van der Waals surface area contributed by atoms with E-state index < -0.39 is 0 Å². The molecule has 0 bridgehead atoms. The number of aromatic nitrogens is 2. The molecule has 0 amide bonds. The normalized spacial score (nSPS) is 15.7. The van der Waals surface area contributed by atoms with Crippen molar-refractivity contribution in [2.45, 2.75) is 25.8 Å². The summed E-state index contributed by atoms with van der Waals surface area (Å²) >= 11 is 5.62. The Morgan fingerprint density at radius 2 is 2.05 bits per heavy atom. The van der Waals surface area contributed by atoms with Crippen LogP contribution in [0.3, 0.4) is 0 Å². The van der Waals surface area contributed by atoms with Crippen LogP contribution < -0.4 is 10.5 Å². The highest BCUT2D eigenvalue weighted by Crippen LogP contribution is 2.11. The van der Waals surface area contributed by atoms with Crippen LogP contribution in [0.4, 0.5) is 5.69 Å². The highest BCUT2D eigenvalue weighted by atomic mass is 35.5.